The second kappa shape index (κ2) is 4.93. The van der Waals surface area contributed by atoms with E-state index >= 15 is 0 Å². The number of aromatic nitrogens is 2. The van der Waals surface area contributed by atoms with Gasteiger partial charge in [0.2, 0.25) is 0 Å². The molecule has 0 radical (unpaired) electrons. The number of hydrogen-bond acceptors (Lipinski definition) is 5. The van der Waals surface area contributed by atoms with Gasteiger partial charge in [0, 0.05) is 6.07 Å². The lowest BCUT2D eigenvalue weighted by Gasteiger charge is -2.25. The molecular formula is C11H13N3O6. The molecule has 2 rings (SSSR count). The fraction of sp³-hybridized carbons (Fsp3) is 0.455. The van der Waals surface area contributed by atoms with E-state index in [0.29, 0.717) is 0 Å². The van der Waals surface area contributed by atoms with Crippen molar-refractivity contribution >= 4 is 11.9 Å². The number of amides is 1. The first-order valence-corrected chi connectivity index (χ1v) is 5.78. The molecule has 4 N–H and O–H groups in total. The van der Waals surface area contributed by atoms with Gasteiger partial charge in [-0.25, -0.2) is 4.79 Å². The summed E-state index contributed by atoms with van der Waals surface area (Å²) < 4.78 is 5.08. The fourth-order valence-corrected chi connectivity index (χ4v) is 1.91. The molecular weight excluding hydrogens is 270 g/mol. The van der Waals surface area contributed by atoms with Crippen molar-refractivity contribution in [3.8, 4) is 0 Å². The molecule has 0 aliphatic carbocycles. The monoisotopic (exact) mass is 283 g/mol. The molecule has 2 heterocycles. The third-order valence-electron chi connectivity index (χ3n) is 3.25. The average Bonchev–Trinajstić information content (AvgIpc) is 2.71. The lowest BCUT2D eigenvalue weighted by atomic mass is 9.85. The molecule has 1 aromatic heterocycles. The number of aliphatic carboxylic acids is 1. The molecule has 0 spiro atoms. The Labute approximate surface area is 112 Å². The van der Waals surface area contributed by atoms with Crippen LogP contribution in [0.2, 0.25) is 0 Å². The summed E-state index contributed by atoms with van der Waals surface area (Å²) in [5.74, 6) is -1.84. The van der Waals surface area contributed by atoms with Gasteiger partial charge in [0.05, 0.1) is 19.3 Å². The lowest BCUT2D eigenvalue weighted by molar-refractivity contribution is -0.148. The maximum Gasteiger partial charge on any atom is 0.326 e. The minimum Gasteiger partial charge on any atom is -0.481 e. The van der Waals surface area contributed by atoms with Gasteiger partial charge in [-0.15, -0.1) is 0 Å². The van der Waals surface area contributed by atoms with Gasteiger partial charge in [0.25, 0.3) is 11.5 Å². The number of rotatable bonds is 3. The van der Waals surface area contributed by atoms with Crippen LogP contribution in [0.5, 0.6) is 0 Å². The fourth-order valence-electron chi connectivity index (χ4n) is 1.91. The van der Waals surface area contributed by atoms with E-state index in [1.54, 1.807) is 0 Å². The lowest BCUT2D eigenvalue weighted by Crippen LogP contribution is -2.50. The Morgan fingerprint density at radius 1 is 1.45 bits per heavy atom. The molecule has 1 fully saturated rings. The van der Waals surface area contributed by atoms with Crippen molar-refractivity contribution in [1.29, 1.82) is 0 Å². The molecule has 1 aromatic rings. The van der Waals surface area contributed by atoms with Crippen LogP contribution in [0.25, 0.3) is 0 Å². The Balaban J connectivity index is 2.21. The summed E-state index contributed by atoms with van der Waals surface area (Å²) >= 11 is 0. The van der Waals surface area contributed by atoms with Gasteiger partial charge < -0.3 is 20.1 Å². The standard InChI is InChI=1S/C11H13N3O6/c1-11(9(17)18)4-20-3-6(11)13-8(16)5-2-7(15)14-10(19)12-5/h2,6H,3-4H2,1H3,(H,13,16)(H,17,18)(H2,12,14,15,19). The molecule has 1 saturated heterocycles. The van der Waals surface area contributed by atoms with Crippen molar-refractivity contribution in [1.82, 2.24) is 15.3 Å². The van der Waals surface area contributed by atoms with Gasteiger partial charge in [-0.05, 0) is 6.92 Å². The minimum absolute atomic E-state index is 0.0286. The topological polar surface area (TPSA) is 141 Å². The molecule has 20 heavy (non-hydrogen) atoms. The number of ether oxygens (including phenoxy) is 1. The van der Waals surface area contributed by atoms with Crippen LogP contribution in [0.15, 0.2) is 15.7 Å². The number of carbonyl (C=O) groups excluding carboxylic acids is 1. The van der Waals surface area contributed by atoms with Gasteiger partial charge in [0.15, 0.2) is 0 Å². The van der Waals surface area contributed by atoms with Crippen LogP contribution in [-0.2, 0) is 9.53 Å². The van der Waals surface area contributed by atoms with E-state index in [1.807, 2.05) is 4.98 Å². The highest BCUT2D eigenvalue weighted by molar-refractivity contribution is 5.93. The van der Waals surface area contributed by atoms with Crippen LogP contribution in [0.4, 0.5) is 0 Å². The van der Waals surface area contributed by atoms with E-state index in [9.17, 15) is 24.3 Å². The molecule has 0 saturated carbocycles. The summed E-state index contributed by atoms with van der Waals surface area (Å²) in [6.45, 7) is 1.47. The third-order valence-corrected chi connectivity index (χ3v) is 3.25. The third kappa shape index (κ3) is 2.48. The van der Waals surface area contributed by atoms with E-state index in [4.69, 9.17) is 4.74 Å². The first-order valence-electron chi connectivity index (χ1n) is 5.78. The summed E-state index contributed by atoms with van der Waals surface area (Å²) in [4.78, 5) is 49.4. The molecule has 1 aliphatic rings. The molecule has 9 nitrogen and oxygen atoms in total. The van der Waals surface area contributed by atoms with Crippen molar-refractivity contribution in [3.63, 3.8) is 0 Å². The van der Waals surface area contributed by atoms with Gasteiger partial charge in [-0.3, -0.25) is 19.4 Å². The van der Waals surface area contributed by atoms with E-state index in [2.05, 4.69) is 10.3 Å². The zero-order valence-electron chi connectivity index (χ0n) is 10.6. The second-order valence-electron chi connectivity index (χ2n) is 4.77. The molecule has 0 aromatic carbocycles. The number of carboxylic acids is 1. The maximum atomic E-state index is 11.9. The first-order chi connectivity index (χ1) is 9.33. The van der Waals surface area contributed by atoms with Crippen LogP contribution in [-0.4, -0.2) is 46.2 Å². The van der Waals surface area contributed by atoms with E-state index in [0.717, 1.165) is 6.07 Å². The number of hydrogen-bond donors (Lipinski definition) is 4. The van der Waals surface area contributed by atoms with Crippen LogP contribution < -0.4 is 16.6 Å². The van der Waals surface area contributed by atoms with Gasteiger partial charge in [-0.1, -0.05) is 0 Å². The van der Waals surface area contributed by atoms with Gasteiger partial charge in [0.1, 0.15) is 11.1 Å². The number of H-pyrrole nitrogens is 2. The SMILES string of the molecule is CC1(C(=O)O)COCC1NC(=O)c1cc(=O)[nH]c(=O)[nH]1. The summed E-state index contributed by atoms with van der Waals surface area (Å²) in [5.41, 5.74) is -3.02. The van der Waals surface area contributed by atoms with Crippen LogP contribution in [0, 0.1) is 5.41 Å². The summed E-state index contributed by atoms with van der Waals surface area (Å²) in [6, 6.07) is 0.167. The maximum absolute atomic E-state index is 11.9. The Bertz CT molecular complexity index is 634. The van der Waals surface area contributed by atoms with Crippen molar-refractivity contribution in [2.75, 3.05) is 13.2 Å². The number of carbonyl (C=O) groups is 2. The predicted molar refractivity (Wildman–Crippen MR) is 65.5 cm³/mol. The van der Waals surface area contributed by atoms with E-state index in [1.165, 1.54) is 6.92 Å². The smallest absolute Gasteiger partial charge is 0.326 e. The Morgan fingerprint density at radius 3 is 2.75 bits per heavy atom. The molecule has 1 amide bonds. The summed E-state index contributed by atoms with van der Waals surface area (Å²) in [5, 5.41) is 11.6. The highest BCUT2D eigenvalue weighted by Crippen LogP contribution is 2.28. The molecule has 0 bridgehead atoms. The predicted octanol–water partition coefficient (Wildman–Crippen LogP) is -1.72. The van der Waals surface area contributed by atoms with Gasteiger partial charge in [-0.2, -0.15) is 0 Å². The van der Waals surface area contributed by atoms with E-state index < -0.39 is 34.6 Å². The van der Waals surface area contributed by atoms with Crippen molar-refractivity contribution < 1.29 is 19.4 Å². The van der Waals surface area contributed by atoms with Crippen molar-refractivity contribution in [2.45, 2.75) is 13.0 Å². The van der Waals surface area contributed by atoms with Crippen LogP contribution >= 0.6 is 0 Å². The van der Waals surface area contributed by atoms with Crippen LogP contribution in [0.1, 0.15) is 17.4 Å². The average molecular weight is 283 g/mol. The first kappa shape index (κ1) is 14.0. The highest BCUT2D eigenvalue weighted by atomic mass is 16.5. The number of carboxylic acid groups (broad SMARTS) is 1. The summed E-state index contributed by atoms with van der Waals surface area (Å²) in [6.07, 6.45) is 0. The van der Waals surface area contributed by atoms with Gasteiger partial charge >= 0.3 is 11.7 Å². The summed E-state index contributed by atoms with van der Waals surface area (Å²) in [7, 11) is 0. The zero-order valence-corrected chi connectivity index (χ0v) is 10.6. The minimum atomic E-state index is -1.25. The number of nitrogens with one attached hydrogen (secondary N) is 3. The number of aromatic amines is 2. The second-order valence-corrected chi connectivity index (χ2v) is 4.77. The highest BCUT2D eigenvalue weighted by Gasteiger charge is 2.47. The Morgan fingerprint density at radius 2 is 2.15 bits per heavy atom. The molecule has 2 unspecified atom stereocenters. The van der Waals surface area contributed by atoms with E-state index in [-0.39, 0.29) is 18.9 Å². The Hall–Kier alpha value is -2.42. The molecule has 108 valence electrons. The van der Waals surface area contributed by atoms with Crippen molar-refractivity contribution in [3.05, 3.63) is 32.6 Å². The zero-order chi connectivity index (χ0) is 14.9. The largest absolute Gasteiger partial charge is 0.481 e. The van der Waals surface area contributed by atoms with Crippen LogP contribution in [0.3, 0.4) is 0 Å². The quantitative estimate of drug-likeness (QED) is 0.520. The van der Waals surface area contributed by atoms with Crippen molar-refractivity contribution in [2.24, 2.45) is 5.41 Å². The molecule has 9 heteroatoms. The normalized spacial score (nSPS) is 25.4. The molecule has 1 aliphatic heterocycles. The molecule has 2 atom stereocenters. The Kier molecular flexibility index (Phi) is 3.45.